The SMILES string of the molecule is CCNCCC(C)(C)c1ccc(C(C)(C)C)cc1. The van der Waals surface area contributed by atoms with E-state index in [0.717, 1.165) is 13.1 Å². The lowest BCUT2D eigenvalue weighted by molar-refractivity contribution is 0.460. The fraction of sp³-hybridized carbons (Fsp3) is 0.647. The van der Waals surface area contributed by atoms with Crippen molar-refractivity contribution in [2.24, 2.45) is 0 Å². The van der Waals surface area contributed by atoms with Crippen LogP contribution in [0.1, 0.15) is 59.1 Å². The standard InChI is InChI=1S/C17H29N/c1-7-18-13-12-17(5,6)15-10-8-14(9-11-15)16(2,3)4/h8-11,18H,7,12-13H2,1-6H3. The molecule has 0 saturated heterocycles. The third kappa shape index (κ3) is 4.13. The molecule has 0 fully saturated rings. The van der Waals surface area contributed by atoms with Gasteiger partial charge in [-0.2, -0.15) is 0 Å². The molecule has 0 aliphatic carbocycles. The van der Waals surface area contributed by atoms with Gasteiger partial charge in [0, 0.05) is 0 Å². The second kappa shape index (κ2) is 5.88. The first-order chi connectivity index (χ1) is 8.27. The number of benzene rings is 1. The number of hydrogen-bond donors (Lipinski definition) is 1. The molecule has 0 bridgehead atoms. The van der Waals surface area contributed by atoms with Gasteiger partial charge in [0.15, 0.2) is 0 Å². The maximum absolute atomic E-state index is 3.41. The summed E-state index contributed by atoms with van der Waals surface area (Å²) in [5, 5.41) is 3.41. The average Bonchev–Trinajstić information content (AvgIpc) is 2.28. The fourth-order valence-corrected chi connectivity index (χ4v) is 2.14. The van der Waals surface area contributed by atoms with Crippen molar-refractivity contribution in [3.8, 4) is 0 Å². The van der Waals surface area contributed by atoms with Gasteiger partial charge in [0.1, 0.15) is 0 Å². The van der Waals surface area contributed by atoms with Crippen molar-refractivity contribution in [2.45, 2.75) is 58.8 Å². The predicted molar refractivity (Wildman–Crippen MR) is 81.3 cm³/mol. The zero-order valence-electron chi connectivity index (χ0n) is 12.9. The highest BCUT2D eigenvalue weighted by Gasteiger charge is 2.21. The molecule has 18 heavy (non-hydrogen) atoms. The van der Waals surface area contributed by atoms with E-state index >= 15 is 0 Å². The van der Waals surface area contributed by atoms with Gasteiger partial charge in [-0.05, 0) is 41.5 Å². The molecule has 102 valence electrons. The summed E-state index contributed by atoms with van der Waals surface area (Å²) in [6.07, 6.45) is 1.18. The third-order valence-electron chi connectivity index (χ3n) is 3.71. The molecular formula is C17H29N. The van der Waals surface area contributed by atoms with E-state index in [0.29, 0.717) is 0 Å². The number of nitrogens with one attached hydrogen (secondary N) is 1. The van der Waals surface area contributed by atoms with Gasteiger partial charge in [-0.15, -0.1) is 0 Å². The minimum atomic E-state index is 0.242. The average molecular weight is 247 g/mol. The molecule has 1 nitrogen and oxygen atoms in total. The highest BCUT2D eigenvalue weighted by molar-refractivity contribution is 5.31. The molecule has 0 aromatic heterocycles. The summed E-state index contributed by atoms with van der Waals surface area (Å²) < 4.78 is 0. The summed E-state index contributed by atoms with van der Waals surface area (Å²) in [5.41, 5.74) is 3.34. The molecule has 0 radical (unpaired) electrons. The Morgan fingerprint density at radius 3 is 1.83 bits per heavy atom. The highest BCUT2D eigenvalue weighted by Crippen LogP contribution is 2.29. The normalized spacial score (nSPS) is 12.8. The first kappa shape index (κ1) is 15.2. The highest BCUT2D eigenvalue weighted by atomic mass is 14.8. The topological polar surface area (TPSA) is 12.0 Å². The van der Waals surface area contributed by atoms with Crippen LogP contribution >= 0.6 is 0 Å². The summed E-state index contributed by atoms with van der Waals surface area (Å²) in [5.74, 6) is 0. The minimum absolute atomic E-state index is 0.242. The van der Waals surface area contributed by atoms with Crippen molar-refractivity contribution in [1.29, 1.82) is 0 Å². The quantitative estimate of drug-likeness (QED) is 0.767. The summed E-state index contributed by atoms with van der Waals surface area (Å²) in [4.78, 5) is 0. The lowest BCUT2D eigenvalue weighted by Gasteiger charge is -2.27. The van der Waals surface area contributed by atoms with Crippen LogP contribution in [-0.4, -0.2) is 13.1 Å². The van der Waals surface area contributed by atoms with E-state index < -0.39 is 0 Å². The van der Waals surface area contributed by atoms with Gasteiger partial charge in [-0.1, -0.05) is 65.8 Å². The molecule has 0 spiro atoms. The van der Waals surface area contributed by atoms with E-state index in [9.17, 15) is 0 Å². The number of hydrogen-bond acceptors (Lipinski definition) is 1. The van der Waals surface area contributed by atoms with Crippen LogP contribution in [-0.2, 0) is 10.8 Å². The lowest BCUT2D eigenvalue weighted by Crippen LogP contribution is -2.25. The van der Waals surface area contributed by atoms with E-state index in [1.165, 1.54) is 17.5 Å². The third-order valence-corrected chi connectivity index (χ3v) is 3.71. The van der Waals surface area contributed by atoms with E-state index in [-0.39, 0.29) is 10.8 Å². The Bertz CT molecular complexity index is 354. The van der Waals surface area contributed by atoms with Crippen molar-refractivity contribution in [3.05, 3.63) is 35.4 Å². The Morgan fingerprint density at radius 2 is 1.39 bits per heavy atom. The Labute approximate surface area is 113 Å². The van der Waals surface area contributed by atoms with Crippen LogP contribution in [0.2, 0.25) is 0 Å². The van der Waals surface area contributed by atoms with Crippen LogP contribution in [0, 0.1) is 0 Å². The van der Waals surface area contributed by atoms with Gasteiger partial charge in [0.25, 0.3) is 0 Å². The van der Waals surface area contributed by atoms with Crippen LogP contribution in [0.15, 0.2) is 24.3 Å². The Morgan fingerprint density at radius 1 is 0.889 bits per heavy atom. The van der Waals surface area contributed by atoms with E-state index in [1.54, 1.807) is 0 Å². The van der Waals surface area contributed by atoms with Crippen LogP contribution in [0.25, 0.3) is 0 Å². The van der Waals surface area contributed by atoms with Crippen LogP contribution in [0.4, 0.5) is 0 Å². The largest absolute Gasteiger partial charge is 0.317 e. The molecule has 0 atom stereocenters. The summed E-state index contributed by atoms with van der Waals surface area (Å²) in [6.45, 7) is 15.7. The number of rotatable bonds is 5. The molecule has 0 saturated carbocycles. The van der Waals surface area contributed by atoms with Gasteiger partial charge in [0.05, 0.1) is 0 Å². The molecule has 0 heterocycles. The van der Waals surface area contributed by atoms with Gasteiger partial charge in [-0.3, -0.25) is 0 Å². The minimum Gasteiger partial charge on any atom is -0.317 e. The molecule has 0 aliphatic rings. The Balaban J connectivity index is 2.77. The van der Waals surface area contributed by atoms with Gasteiger partial charge in [0.2, 0.25) is 0 Å². The smallest absolute Gasteiger partial charge is 0.00407 e. The van der Waals surface area contributed by atoms with E-state index in [4.69, 9.17) is 0 Å². The molecule has 1 aromatic carbocycles. The lowest BCUT2D eigenvalue weighted by atomic mass is 9.79. The van der Waals surface area contributed by atoms with Gasteiger partial charge >= 0.3 is 0 Å². The summed E-state index contributed by atoms with van der Waals surface area (Å²) >= 11 is 0. The van der Waals surface area contributed by atoms with Crippen LogP contribution in [0.3, 0.4) is 0 Å². The molecule has 1 heteroatoms. The van der Waals surface area contributed by atoms with E-state index in [2.05, 4.69) is 71.1 Å². The zero-order valence-corrected chi connectivity index (χ0v) is 12.9. The van der Waals surface area contributed by atoms with E-state index in [1.807, 2.05) is 0 Å². The second-order valence-electron chi connectivity index (χ2n) is 6.81. The predicted octanol–water partition coefficient (Wildman–Crippen LogP) is 4.26. The molecule has 1 aromatic rings. The zero-order chi connectivity index (χ0) is 13.8. The van der Waals surface area contributed by atoms with Crippen molar-refractivity contribution in [3.63, 3.8) is 0 Å². The van der Waals surface area contributed by atoms with Crippen LogP contribution in [0.5, 0.6) is 0 Å². The maximum Gasteiger partial charge on any atom is -0.00407 e. The van der Waals surface area contributed by atoms with Gasteiger partial charge in [-0.25, -0.2) is 0 Å². The summed E-state index contributed by atoms with van der Waals surface area (Å²) in [7, 11) is 0. The monoisotopic (exact) mass is 247 g/mol. The Hall–Kier alpha value is -0.820. The fourth-order valence-electron chi connectivity index (χ4n) is 2.14. The molecule has 0 aliphatic heterocycles. The molecule has 1 N–H and O–H groups in total. The van der Waals surface area contributed by atoms with Crippen molar-refractivity contribution >= 4 is 0 Å². The second-order valence-corrected chi connectivity index (χ2v) is 6.81. The maximum atomic E-state index is 3.41. The van der Waals surface area contributed by atoms with Crippen molar-refractivity contribution in [2.75, 3.05) is 13.1 Å². The molecule has 0 unspecified atom stereocenters. The first-order valence-corrected chi connectivity index (χ1v) is 7.09. The Kier molecular flexibility index (Phi) is 4.98. The molecular weight excluding hydrogens is 218 g/mol. The summed E-state index contributed by atoms with van der Waals surface area (Å²) in [6, 6.07) is 9.16. The van der Waals surface area contributed by atoms with Crippen molar-refractivity contribution < 1.29 is 0 Å². The van der Waals surface area contributed by atoms with Crippen molar-refractivity contribution in [1.82, 2.24) is 5.32 Å². The van der Waals surface area contributed by atoms with Gasteiger partial charge < -0.3 is 5.32 Å². The molecule has 1 rings (SSSR count). The molecule has 0 amide bonds. The first-order valence-electron chi connectivity index (χ1n) is 7.09. The van der Waals surface area contributed by atoms with Crippen LogP contribution < -0.4 is 5.32 Å².